The molecule has 0 radical (unpaired) electrons. The summed E-state index contributed by atoms with van der Waals surface area (Å²) in [5.74, 6) is 0. The van der Waals surface area contributed by atoms with Crippen LogP contribution in [0.15, 0.2) is 59.1 Å². The van der Waals surface area contributed by atoms with Gasteiger partial charge in [0.15, 0.2) is 0 Å². The van der Waals surface area contributed by atoms with Crippen LogP contribution in [0, 0.1) is 0 Å². The predicted octanol–water partition coefficient (Wildman–Crippen LogP) is 4.05. The predicted molar refractivity (Wildman–Crippen MR) is 126 cm³/mol. The Hall–Kier alpha value is -2.97. The Kier molecular flexibility index (Phi) is 5.80. The van der Waals surface area contributed by atoms with Gasteiger partial charge in [-0.1, -0.05) is 24.3 Å². The monoisotopic (exact) mass is 465 g/mol. The van der Waals surface area contributed by atoms with Crippen molar-refractivity contribution in [2.75, 3.05) is 13.1 Å². The third-order valence-electron chi connectivity index (χ3n) is 6.64. The molecular weight excluding hydrogens is 438 g/mol. The van der Waals surface area contributed by atoms with Crippen LogP contribution in [0.1, 0.15) is 43.4 Å². The molecule has 33 heavy (non-hydrogen) atoms. The van der Waals surface area contributed by atoms with Gasteiger partial charge in [-0.2, -0.15) is 0 Å². The second-order valence-electron chi connectivity index (χ2n) is 8.83. The lowest BCUT2D eigenvalue weighted by Gasteiger charge is -2.27. The number of fused-ring (bicyclic) bond motifs is 1. The number of aromatic nitrogens is 1. The van der Waals surface area contributed by atoms with Crippen molar-refractivity contribution >= 4 is 21.7 Å². The molecule has 8 heteroatoms. The molecule has 1 fully saturated rings. The molecular formula is C25H27N3O4S. The fourth-order valence-corrected chi connectivity index (χ4v) is 5.37. The molecule has 172 valence electrons. The van der Waals surface area contributed by atoms with Crippen LogP contribution in [0.3, 0.4) is 0 Å². The van der Waals surface area contributed by atoms with Crippen molar-refractivity contribution in [3.8, 4) is 11.1 Å². The summed E-state index contributed by atoms with van der Waals surface area (Å²) < 4.78 is 29.1. The van der Waals surface area contributed by atoms with Gasteiger partial charge in [0.1, 0.15) is 6.10 Å². The van der Waals surface area contributed by atoms with Gasteiger partial charge in [0, 0.05) is 36.8 Å². The van der Waals surface area contributed by atoms with Crippen LogP contribution in [-0.4, -0.2) is 43.6 Å². The molecule has 0 saturated heterocycles. The average molecular weight is 466 g/mol. The Bertz CT molecular complexity index is 1260. The fraction of sp³-hybridized carbons (Fsp3) is 0.360. The molecule has 2 aromatic rings. The van der Waals surface area contributed by atoms with Crippen LogP contribution in [0.4, 0.5) is 4.79 Å². The first-order valence-corrected chi connectivity index (χ1v) is 12.9. The molecule has 2 heterocycles. The summed E-state index contributed by atoms with van der Waals surface area (Å²) in [5, 5.41) is 5.29. The quantitative estimate of drug-likeness (QED) is 0.734. The van der Waals surface area contributed by atoms with Gasteiger partial charge in [-0.15, -0.1) is 0 Å². The number of amides is 1. The zero-order valence-corrected chi connectivity index (χ0v) is 19.2. The molecule has 2 N–H and O–H groups in total. The van der Waals surface area contributed by atoms with Gasteiger partial charge in [0.2, 0.25) is 10.0 Å². The van der Waals surface area contributed by atoms with Crippen LogP contribution >= 0.6 is 0 Å². The summed E-state index contributed by atoms with van der Waals surface area (Å²) in [7, 11) is -3.78. The second-order valence-corrected chi connectivity index (χ2v) is 10.4. The number of carbonyl (C=O) groups excluding carboxylic acids is 1. The SMILES string of the molecule is NS(=O)(=O)c1cccc(-c2cnc3c(c2)C(C2=CCN(C(=O)OC4CCCC4)CC2)=CC3)c1. The first kappa shape index (κ1) is 21.9. The van der Waals surface area contributed by atoms with Gasteiger partial charge >= 0.3 is 6.09 Å². The minimum absolute atomic E-state index is 0.0737. The van der Waals surface area contributed by atoms with Gasteiger partial charge in [0.25, 0.3) is 0 Å². The van der Waals surface area contributed by atoms with E-state index in [-0.39, 0.29) is 17.1 Å². The Morgan fingerprint density at radius 1 is 1.12 bits per heavy atom. The molecule has 0 spiro atoms. The van der Waals surface area contributed by atoms with Crippen molar-refractivity contribution in [2.24, 2.45) is 5.14 Å². The van der Waals surface area contributed by atoms with E-state index in [4.69, 9.17) is 9.88 Å². The molecule has 0 bridgehead atoms. The van der Waals surface area contributed by atoms with Gasteiger partial charge in [-0.3, -0.25) is 4.98 Å². The number of carbonyl (C=O) groups is 1. The first-order valence-electron chi connectivity index (χ1n) is 11.4. The number of pyridine rings is 1. The maximum Gasteiger partial charge on any atom is 0.410 e. The highest BCUT2D eigenvalue weighted by atomic mass is 32.2. The number of hydrogen-bond donors (Lipinski definition) is 1. The fourth-order valence-electron chi connectivity index (χ4n) is 4.82. The lowest BCUT2D eigenvalue weighted by atomic mass is 9.94. The number of sulfonamides is 1. The van der Waals surface area contributed by atoms with E-state index < -0.39 is 10.0 Å². The summed E-state index contributed by atoms with van der Waals surface area (Å²) in [6.45, 7) is 1.17. The van der Waals surface area contributed by atoms with E-state index >= 15 is 0 Å². The molecule has 0 unspecified atom stereocenters. The number of rotatable bonds is 4. The summed E-state index contributed by atoms with van der Waals surface area (Å²) in [6, 6.07) is 8.66. The molecule has 1 aromatic carbocycles. The van der Waals surface area contributed by atoms with Crippen molar-refractivity contribution in [1.29, 1.82) is 0 Å². The standard InChI is InChI=1S/C25H27N3O4S/c26-33(30,31)21-7-3-4-18(14-21)19-15-23-22(8-9-24(23)27-16-19)17-10-12-28(13-11-17)25(29)32-20-5-1-2-6-20/h3-4,7-8,10,14-16,20H,1-2,5-6,9,11-13H2,(H2,26,30,31). The molecule has 1 aromatic heterocycles. The summed E-state index contributed by atoms with van der Waals surface area (Å²) >= 11 is 0. The Morgan fingerprint density at radius 3 is 2.67 bits per heavy atom. The summed E-state index contributed by atoms with van der Waals surface area (Å²) in [4.78, 5) is 19.0. The van der Waals surface area contributed by atoms with Gasteiger partial charge in [-0.25, -0.2) is 18.4 Å². The van der Waals surface area contributed by atoms with Gasteiger partial charge in [-0.05, 0) is 67.0 Å². The second kappa shape index (κ2) is 8.76. The molecule has 5 rings (SSSR count). The number of benzene rings is 1. The van der Waals surface area contributed by atoms with E-state index in [1.54, 1.807) is 23.2 Å². The number of ether oxygens (including phenoxy) is 1. The van der Waals surface area contributed by atoms with E-state index in [0.717, 1.165) is 66.5 Å². The first-order chi connectivity index (χ1) is 15.9. The van der Waals surface area contributed by atoms with Gasteiger partial charge < -0.3 is 9.64 Å². The van der Waals surface area contributed by atoms with Crippen LogP contribution in [-0.2, 0) is 21.2 Å². The van der Waals surface area contributed by atoms with E-state index in [1.807, 2.05) is 6.07 Å². The van der Waals surface area contributed by atoms with Crippen LogP contribution in [0.2, 0.25) is 0 Å². The molecule has 0 atom stereocenters. The van der Waals surface area contributed by atoms with Crippen molar-refractivity contribution in [3.63, 3.8) is 0 Å². The summed E-state index contributed by atoms with van der Waals surface area (Å²) in [5.41, 5.74) is 6.00. The van der Waals surface area contributed by atoms with E-state index in [1.165, 1.54) is 11.6 Å². The van der Waals surface area contributed by atoms with Crippen LogP contribution < -0.4 is 5.14 Å². The average Bonchev–Trinajstić information content (AvgIpc) is 3.48. The molecule has 1 saturated carbocycles. The highest BCUT2D eigenvalue weighted by molar-refractivity contribution is 7.89. The largest absolute Gasteiger partial charge is 0.446 e. The van der Waals surface area contributed by atoms with E-state index in [2.05, 4.69) is 23.2 Å². The third-order valence-corrected chi connectivity index (χ3v) is 7.55. The molecule has 7 nitrogen and oxygen atoms in total. The normalized spacial score (nSPS) is 18.6. The lowest BCUT2D eigenvalue weighted by Crippen LogP contribution is -2.37. The summed E-state index contributed by atoms with van der Waals surface area (Å²) in [6.07, 6.45) is 11.7. The van der Waals surface area contributed by atoms with E-state index in [9.17, 15) is 13.2 Å². The molecule has 1 aliphatic heterocycles. The van der Waals surface area contributed by atoms with Crippen molar-refractivity contribution in [3.05, 3.63) is 65.5 Å². The highest BCUT2D eigenvalue weighted by Gasteiger charge is 2.27. The molecule has 2 aliphatic carbocycles. The lowest BCUT2D eigenvalue weighted by molar-refractivity contribution is 0.0676. The molecule has 3 aliphatic rings. The number of hydrogen-bond acceptors (Lipinski definition) is 5. The minimum atomic E-state index is -3.78. The minimum Gasteiger partial charge on any atom is -0.446 e. The topological polar surface area (TPSA) is 103 Å². The maximum atomic E-state index is 12.5. The smallest absolute Gasteiger partial charge is 0.410 e. The third kappa shape index (κ3) is 4.58. The van der Waals surface area contributed by atoms with Gasteiger partial charge in [0.05, 0.1) is 10.6 Å². The number of allylic oxidation sites excluding steroid dienone is 2. The zero-order valence-electron chi connectivity index (χ0n) is 18.4. The number of nitrogens with two attached hydrogens (primary N) is 1. The Labute approximate surface area is 194 Å². The zero-order chi connectivity index (χ0) is 23.0. The van der Waals surface area contributed by atoms with Crippen molar-refractivity contribution < 1.29 is 17.9 Å². The van der Waals surface area contributed by atoms with Crippen LogP contribution in [0.5, 0.6) is 0 Å². The number of primary sulfonamides is 1. The Balaban J connectivity index is 1.34. The van der Waals surface area contributed by atoms with Crippen molar-refractivity contribution in [1.82, 2.24) is 9.88 Å². The Morgan fingerprint density at radius 2 is 1.94 bits per heavy atom. The molecule has 1 amide bonds. The highest BCUT2D eigenvalue weighted by Crippen LogP contribution is 2.37. The van der Waals surface area contributed by atoms with E-state index in [0.29, 0.717) is 13.1 Å². The van der Waals surface area contributed by atoms with Crippen LogP contribution in [0.25, 0.3) is 16.7 Å². The number of nitrogens with zero attached hydrogens (tertiary/aromatic N) is 2. The maximum absolute atomic E-state index is 12.5. The van der Waals surface area contributed by atoms with Crippen molar-refractivity contribution in [2.45, 2.75) is 49.5 Å².